The van der Waals surface area contributed by atoms with E-state index in [1.807, 2.05) is 27.7 Å². The molecule has 0 aliphatic heterocycles. The third-order valence-electron chi connectivity index (χ3n) is 2.58. The quantitative estimate of drug-likeness (QED) is 0.755. The molecule has 0 saturated heterocycles. The second kappa shape index (κ2) is 8.87. The molecule has 124 valence electrons. The lowest BCUT2D eigenvalue weighted by atomic mass is 10.0. The van der Waals surface area contributed by atoms with Crippen molar-refractivity contribution in [1.29, 1.82) is 0 Å². The molecule has 2 amide bonds. The molecule has 0 heterocycles. The van der Waals surface area contributed by atoms with Crippen LogP contribution < -0.4 is 10.6 Å². The van der Waals surface area contributed by atoms with Crippen molar-refractivity contribution < 1.29 is 19.1 Å². The van der Waals surface area contributed by atoms with E-state index in [0.717, 1.165) is 0 Å². The average Bonchev–Trinajstić information content (AvgIpc) is 2.30. The van der Waals surface area contributed by atoms with Gasteiger partial charge in [0.05, 0.1) is 6.61 Å². The van der Waals surface area contributed by atoms with Crippen molar-refractivity contribution in [1.82, 2.24) is 10.6 Å². The van der Waals surface area contributed by atoms with Crippen molar-refractivity contribution >= 4 is 12.0 Å². The second-order valence-corrected chi connectivity index (χ2v) is 6.44. The SMILES string of the molecule is CCOCC(C)NC(=O)C(NC(=O)OC(C)(C)C)C(C)C. The largest absolute Gasteiger partial charge is 0.444 e. The molecule has 2 N–H and O–H groups in total. The van der Waals surface area contributed by atoms with Gasteiger partial charge in [-0.05, 0) is 40.5 Å². The lowest BCUT2D eigenvalue weighted by molar-refractivity contribution is -0.125. The van der Waals surface area contributed by atoms with Crippen LogP contribution in [-0.4, -0.2) is 42.9 Å². The molecule has 0 rings (SSSR count). The molecule has 6 nitrogen and oxygen atoms in total. The zero-order valence-corrected chi connectivity index (χ0v) is 14.3. The van der Waals surface area contributed by atoms with Crippen molar-refractivity contribution in [2.24, 2.45) is 5.92 Å². The van der Waals surface area contributed by atoms with Gasteiger partial charge in [-0.2, -0.15) is 0 Å². The molecule has 2 unspecified atom stereocenters. The summed E-state index contributed by atoms with van der Waals surface area (Å²) in [6.07, 6.45) is -0.589. The normalized spacial score (nSPS) is 14.5. The average molecular weight is 302 g/mol. The Balaban J connectivity index is 4.53. The molecule has 6 heteroatoms. The van der Waals surface area contributed by atoms with E-state index in [9.17, 15) is 9.59 Å². The summed E-state index contributed by atoms with van der Waals surface area (Å²) in [5, 5.41) is 5.45. The minimum atomic E-state index is -0.635. The first-order valence-corrected chi connectivity index (χ1v) is 7.44. The third-order valence-corrected chi connectivity index (χ3v) is 2.58. The number of carbonyl (C=O) groups excluding carboxylic acids is 2. The smallest absolute Gasteiger partial charge is 0.408 e. The van der Waals surface area contributed by atoms with Gasteiger partial charge in [-0.25, -0.2) is 4.79 Å². The van der Waals surface area contributed by atoms with Crippen LogP contribution in [0.25, 0.3) is 0 Å². The number of ether oxygens (including phenoxy) is 2. The minimum absolute atomic E-state index is 0.0446. The van der Waals surface area contributed by atoms with Gasteiger partial charge in [0.1, 0.15) is 11.6 Å². The molecule has 0 fully saturated rings. The first-order valence-electron chi connectivity index (χ1n) is 7.44. The molecule has 0 radical (unpaired) electrons. The molecule has 0 aliphatic rings. The molecule has 0 aliphatic carbocycles. The van der Waals surface area contributed by atoms with E-state index < -0.39 is 17.7 Å². The van der Waals surface area contributed by atoms with E-state index in [-0.39, 0.29) is 17.9 Å². The van der Waals surface area contributed by atoms with E-state index in [1.54, 1.807) is 20.8 Å². The Bertz CT molecular complexity index is 337. The highest BCUT2D eigenvalue weighted by atomic mass is 16.6. The van der Waals surface area contributed by atoms with Crippen LogP contribution in [0.4, 0.5) is 4.79 Å². The lowest BCUT2D eigenvalue weighted by Gasteiger charge is -2.26. The summed E-state index contributed by atoms with van der Waals surface area (Å²) in [6, 6.07) is -0.747. The standard InChI is InChI=1S/C15H30N2O4/c1-8-20-9-11(4)16-13(18)12(10(2)3)17-14(19)21-15(5,6)7/h10-12H,8-9H2,1-7H3,(H,16,18)(H,17,19). The van der Waals surface area contributed by atoms with E-state index in [2.05, 4.69) is 10.6 Å². The number of alkyl carbamates (subject to hydrolysis) is 1. The summed E-state index contributed by atoms with van der Waals surface area (Å²) in [4.78, 5) is 24.0. The second-order valence-electron chi connectivity index (χ2n) is 6.44. The Morgan fingerprint density at radius 1 is 1.10 bits per heavy atom. The topological polar surface area (TPSA) is 76.7 Å². The highest BCUT2D eigenvalue weighted by Crippen LogP contribution is 2.09. The number of rotatable bonds is 7. The van der Waals surface area contributed by atoms with Crippen LogP contribution in [0.15, 0.2) is 0 Å². The summed E-state index contributed by atoms with van der Waals surface area (Å²) in [5.74, 6) is -0.278. The fraction of sp³-hybridized carbons (Fsp3) is 0.867. The van der Waals surface area contributed by atoms with Gasteiger partial charge in [-0.1, -0.05) is 13.8 Å². The van der Waals surface area contributed by atoms with Gasteiger partial charge in [0, 0.05) is 12.6 Å². The zero-order chi connectivity index (χ0) is 16.6. The van der Waals surface area contributed by atoms with E-state index in [0.29, 0.717) is 13.2 Å². The predicted octanol–water partition coefficient (Wildman–Crippen LogP) is 2.08. The lowest BCUT2D eigenvalue weighted by Crippen LogP contribution is -2.53. The maximum absolute atomic E-state index is 12.2. The summed E-state index contributed by atoms with van der Waals surface area (Å²) in [6.45, 7) is 13.9. The summed E-state index contributed by atoms with van der Waals surface area (Å²) in [7, 11) is 0. The van der Waals surface area contributed by atoms with Gasteiger partial charge < -0.3 is 20.1 Å². The molecular weight excluding hydrogens is 272 g/mol. The van der Waals surface area contributed by atoms with Crippen LogP contribution in [0.1, 0.15) is 48.5 Å². The number of hydrogen-bond acceptors (Lipinski definition) is 4. The monoisotopic (exact) mass is 302 g/mol. The van der Waals surface area contributed by atoms with E-state index in [1.165, 1.54) is 0 Å². The Labute approximate surface area is 127 Å². The summed E-state index contributed by atoms with van der Waals surface area (Å²) >= 11 is 0. The maximum Gasteiger partial charge on any atom is 0.408 e. The molecule has 2 atom stereocenters. The fourth-order valence-corrected chi connectivity index (χ4v) is 1.64. The van der Waals surface area contributed by atoms with Gasteiger partial charge in [-0.3, -0.25) is 4.79 Å². The van der Waals surface area contributed by atoms with Gasteiger partial charge >= 0.3 is 6.09 Å². The molecule has 21 heavy (non-hydrogen) atoms. The van der Waals surface area contributed by atoms with Crippen LogP contribution in [-0.2, 0) is 14.3 Å². The molecule has 0 aromatic rings. The Hall–Kier alpha value is -1.30. The number of hydrogen-bond donors (Lipinski definition) is 2. The van der Waals surface area contributed by atoms with Gasteiger partial charge in [0.15, 0.2) is 0 Å². The third kappa shape index (κ3) is 9.28. The first-order chi connectivity index (χ1) is 9.56. The maximum atomic E-state index is 12.2. The molecular formula is C15H30N2O4. The van der Waals surface area contributed by atoms with E-state index in [4.69, 9.17) is 9.47 Å². The van der Waals surface area contributed by atoms with E-state index >= 15 is 0 Å². The fourth-order valence-electron chi connectivity index (χ4n) is 1.64. The number of amides is 2. The van der Waals surface area contributed by atoms with Gasteiger partial charge in [0.25, 0.3) is 0 Å². The van der Waals surface area contributed by atoms with Crippen LogP contribution in [0, 0.1) is 5.92 Å². The highest BCUT2D eigenvalue weighted by molar-refractivity contribution is 5.86. The molecule has 0 aromatic heterocycles. The molecule has 0 bridgehead atoms. The van der Waals surface area contributed by atoms with Crippen molar-refractivity contribution in [3.63, 3.8) is 0 Å². The van der Waals surface area contributed by atoms with Crippen molar-refractivity contribution in [2.75, 3.05) is 13.2 Å². The Morgan fingerprint density at radius 2 is 1.67 bits per heavy atom. The van der Waals surface area contributed by atoms with Gasteiger partial charge in [-0.15, -0.1) is 0 Å². The Kier molecular flexibility index (Phi) is 8.32. The first kappa shape index (κ1) is 19.7. The Morgan fingerprint density at radius 3 is 2.10 bits per heavy atom. The van der Waals surface area contributed by atoms with Crippen molar-refractivity contribution in [3.05, 3.63) is 0 Å². The highest BCUT2D eigenvalue weighted by Gasteiger charge is 2.27. The van der Waals surface area contributed by atoms with Crippen LogP contribution in [0.5, 0.6) is 0 Å². The number of carbonyl (C=O) groups is 2. The van der Waals surface area contributed by atoms with Crippen LogP contribution in [0.2, 0.25) is 0 Å². The molecule has 0 spiro atoms. The van der Waals surface area contributed by atoms with Gasteiger partial charge in [0.2, 0.25) is 5.91 Å². The minimum Gasteiger partial charge on any atom is -0.444 e. The molecule has 0 saturated carbocycles. The predicted molar refractivity (Wildman–Crippen MR) is 82.1 cm³/mol. The number of nitrogens with one attached hydrogen (secondary N) is 2. The van der Waals surface area contributed by atoms with Crippen LogP contribution >= 0.6 is 0 Å². The summed E-state index contributed by atoms with van der Waals surface area (Å²) < 4.78 is 10.4. The zero-order valence-electron chi connectivity index (χ0n) is 14.3. The van der Waals surface area contributed by atoms with Crippen LogP contribution in [0.3, 0.4) is 0 Å². The molecule has 0 aromatic carbocycles. The van der Waals surface area contributed by atoms with Crippen molar-refractivity contribution in [2.45, 2.75) is 66.2 Å². The van der Waals surface area contributed by atoms with Crippen molar-refractivity contribution in [3.8, 4) is 0 Å². The summed E-state index contributed by atoms with van der Waals surface area (Å²) in [5.41, 5.74) is -0.593.